The molecule has 1 saturated carbocycles. The summed E-state index contributed by atoms with van der Waals surface area (Å²) in [5, 5.41) is 17.8. The van der Waals surface area contributed by atoms with Crippen LogP contribution in [0.2, 0.25) is 0 Å². The van der Waals surface area contributed by atoms with Crippen molar-refractivity contribution in [2.24, 2.45) is 5.92 Å². The van der Waals surface area contributed by atoms with Crippen molar-refractivity contribution < 1.29 is 0 Å². The Hall–Kier alpha value is -1.63. The van der Waals surface area contributed by atoms with Crippen molar-refractivity contribution >= 4 is 5.82 Å². The number of hydrogen-bond donors (Lipinski definition) is 0. The molecule has 0 atom stereocenters. The average Bonchev–Trinajstić information content (AvgIpc) is 2.41. The van der Waals surface area contributed by atoms with Gasteiger partial charge >= 0.3 is 0 Å². The SMILES string of the molecule is Cc1nnc(N(C)C2CCC(C)CC2)c(C#N)c1C. The Morgan fingerprint density at radius 1 is 1.16 bits per heavy atom. The van der Waals surface area contributed by atoms with Gasteiger partial charge in [0.1, 0.15) is 11.6 Å². The zero-order chi connectivity index (χ0) is 14.0. The van der Waals surface area contributed by atoms with Gasteiger partial charge in [-0.2, -0.15) is 10.4 Å². The van der Waals surface area contributed by atoms with E-state index in [2.05, 4.69) is 28.1 Å². The Labute approximate surface area is 115 Å². The molecule has 0 aromatic carbocycles. The smallest absolute Gasteiger partial charge is 0.169 e. The Kier molecular flexibility index (Phi) is 4.04. The maximum absolute atomic E-state index is 9.37. The Bertz CT molecular complexity index is 496. The maximum Gasteiger partial charge on any atom is 0.169 e. The Balaban J connectivity index is 2.27. The first kappa shape index (κ1) is 13.8. The number of rotatable bonds is 2. The zero-order valence-electron chi connectivity index (χ0n) is 12.3. The molecule has 2 rings (SSSR count). The highest BCUT2D eigenvalue weighted by Crippen LogP contribution is 2.30. The van der Waals surface area contributed by atoms with E-state index in [9.17, 15) is 5.26 Å². The molecule has 0 amide bonds. The standard InChI is InChI=1S/C15H22N4/c1-10-5-7-13(8-6-10)19(4)15-14(9-16)11(2)12(3)17-18-15/h10,13H,5-8H2,1-4H3. The summed E-state index contributed by atoms with van der Waals surface area (Å²) >= 11 is 0. The summed E-state index contributed by atoms with van der Waals surface area (Å²) in [5.41, 5.74) is 2.46. The summed E-state index contributed by atoms with van der Waals surface area (Å²) in [4.78, 5) is 2.16. The van der Waals surface area contributed by atoms with Gasteiger partial charge in [-0.25, -0.2) is 0 Å². The van der Waals surface area contributed by atoms with E-state index in [4.69, 9.17) is 0 Å². The number of nitriles is 1. The third-order valence-corrected chi connectivity index (χ3v) is 4.42. The van der Waals surface area contributed by atoms with Gasteiger partial charge in [0.05, 0.1) is 5.69 Å². The number of aromatic nitrogens is 2. The van der Waals surface area contributed by atoms with Crippen LogP contribution in [-0.2, 0) is 0 Å². The van der Waals surface area contributed by atoms with E-state index >= 15 is 0 Å². The van der Waals surface area contributed by atoms with Crippen LogP contribution in [0.25, 0.3) is 0 Å². The number of nitrogens with zero attached hydrogens (tertiary/aromatic N) is 4. The van der Waals surface area contributed by atoms with Crippen LogP contribution in [0.1, 0.15) is 49.4 Å². The fraction of sp³-hybridized carbons (Fsp3) is 0.667. The Morgan fingerprint density at radius 3 is 2.37 bits per heavy atom. The van der Waals surface area contributed by atoms with E-state index in [0.29, 0.717) is 11.6 Å². The van der Waals surface area contributed by atoms with Crippen LogP contribution in [0.4, 0.5) is 5.82 Å². The molecule has 1 aromatic rings. The lowest BCUT2D eigenvalue weighted by Gasteiger charge is -2.34. The second-order valence-corrected chi connectivity index (χ2v) is 5.75. The average molecular weight is 258 g/mol. The van der Waals surface area contributed by atoms with Crippen LogP contribution >= 0.6 is 0 Å². The van der Waals surface area contributed by atoms with Gasteiger partial charge in [0.2, 0.25) is 0 Å². The minimum Gasteiger partial charge on any atom is -0.354 e. The van der Waals surface area contributed by atoms with Crippen molar-refractivity contribution in [1.29, 1.82) is 5.26 Å². The molecule has 4 nitrogen and oxygen atoms in total. The topological polar surface area (TPSA) is 52.8 Å². The molecule has 0 unspecified atom stereocenters. The van der Waals surface area contributed by atoms with Crippen molar-refractivity contribution in [3.63, 3.8) is 0 Å². The number of anilines is 1. The molecule has 19 heavy (non-hydrogen) atoms. The van der Waals surface area contributed by atoms with E-state index in [-0.39, 0.29) is 0 Å². The molecule has 1 aliphatic carbocycles. The van der Waals surface area contributed by atoms with Gasteiger partial charge in [-0.15, -0.1) is 5.10 Å². The molecule has 1 aromatic heterocycles. The fourth-order valence-corrected chi connectivity index (χ4v) is 2.78. The third kappa shape index (κ3) is 2.70. The second kappa shape index (κ2) is 5.56. The largest absolute Gasteiger partial charge is 0.354 e. The van der Waals surface area contributed by atoms with E-state index < -0.39 is 0 Å². The van der Waals surface area contributed by atoms with E-state index in [1.807, 2.05) is 20.9 Å². The van der Waals surface area contributed by atoms with Crippen molar-refractivity contribution in [2.45, 2.75) is 52.5 Å². The lowest BCUT2D eigenvalue weighted by Crippen LogP contribution is -2.36. The summed E-state index contributed by atoms with van der Waals surface area (Å²) < 4.78 is 0. The highest BCUT2D eigenvalue weighted by atomic mass is 15.3. The van der Waals surface area contributed by atoms with Crippen LogP contribution in [-0.4, -0.2) is 23.3 Å². The zero-order valence-corrected chi connectivity index (χ0v) is 12.3. The lowest BCUT2D eigenvalue weighted by molar-refractivity contribution is 0.339. The van der Waals surface area contributed by atoms with Crippen molar-refractivity contribution in [3.05, 3.63) is 16.8 Å². The summed E-state index contributed by atoms with van der Waals surface area (Å²) in [6, 6.07) is 2.78. The molecule has 0 saturated heterocycles. The van der Waals surface area contributed by atoms with Gasteiger partial charge in [0.25, 0.3) is 0 Å². The molecule has 0 aliphatic heterocycles. The summed E-state index contributed by atoms with van der Waals surface area (Å²) in [7, 11) is 2.04. The summed E-state index contributed by atoms with van der Waals surface area (Å²) in [5.74, 6) is 1.57. The normalized spacial score (nSPS) is 22.9. The molecule has 1 heterocycles. The van der Waals surface area contributed by atoms with Crippen LogP contribution < -0.4 is 4.90 Å². The van der Waals surface area contributed by atoms with Gasteiger partial charge in [0.15, 0.2) is 5.82 Å². The van der Waals surface area contributed by atoms with Crippen molar-refractivity contribution in [2.75, 3.05) is 11.9 Å². The predicted molar refractivity (Wildman–Crippen MR) is 76.0 cm³/mol. The molecule has 0 radical (unpaired) electrons. The highest BCUT2D eigenvalue weighted by molar-refractivity contribution is 5.57. The monoisotopic (exact) mass is 258 g/mol. The molecule has 1 aliphatic rings. The predicted octanol–water partition coefficient (Wildman–Crippen LogP) is 2.98. The molecule has 4 heteroatoms. The van der Waals surface area contributed by atoms with Crippen molar-refractivity contribution in [3.8, 4) is 6.07 Å². The van der Waals surface area contributed by atoms with Crippen LogP contribution in [0, 0.1) is 31.1 Å². The van der Waals surface area contributed by atoms with E-state index in [1.165, 1.54) is 25.7 Å². The second-order valence-electron chi connectivity index (χ2n) is 5.75. The first-order valence-corrected chi connectivity index (χ1v) is 7.01. The van der Waals surface area contributed by atoms with Crippen LogP contribution in [0.3, 0.4) is 0 Å². The molecule has 0 N–H and O–H groups in total. The lowest BCUT2D eigenvalue weighted by atomic mass is 9.86. The van der Waals surface area contributed by atoms with Gasteiger partial charge in [0, 0.05) is 13.1 Å². The van der Waals surface area contributed by atoms with Gasteiger partial charge in [-0.05, 0) is 51.0 Å². The summed E-state index contributed by atoms with van der Waals surface area (Å²) in [6.07, 6.45) is 4.87. The van der Waals surface area contributed by atoms with E-state index in [0.717, 1.165) is 23.0 Å². The first-order chi connectivity index (χ1) is 9.04. The number of hydrogen-bond acceptors (Lipinski definition) is 4. The van der Waals surface area contributed by atoms with Crippen LogP contribution in [0.15, 0.2) is 0 Å². The van der Waals surface area contributed by atoms with Crippen molar-refractivity contribution in [1.82, 2.24) is 10.2 Å². The first-order valence-electron chi connectivity index (χ1n) is 7.01. The highest BCUT2D eigenvalue weighted by Gasteiger charge is 2.25. The third-order valence-electron chi connectivity index (χ3n) is 4.42. The fourth-order valence-electron chi connectivity index (χ4n) is 2.78. The minimum absolute atomic E-state index is 0.486. The number of aryl methyl sites for hydroxylation is 1. The van der Waals surface area contributed by atoms with E-state index in [1.54, 1.807) is 0 Å². The Morgan fingerprint density at radius 2 is 1.79 bits per heavy atom. The van der Waals surface area contributed by atoms with Gasteiger partial charge < -0.3 is 4.90 Å². The quantitative estimate of drug-likeness (QED) is 0.818. The molecular formula is C15H22N4. The molecule has 0 bridgehead atoms. The molecule has 1 fully saturated rings. The van der Waals surface area contributed by atoms with Gasteiger partial charge in [-0.3, -0.25) is 0 Å². The summed E-state index contributed by atoms with van der Waals surface area (Å²) in [6.45, 7) is 6.16. The van der Waals surface area contributed by atoms with Gasteiger partial charge in [-0.1, -0.05) is 6.92 Å². The molecule has 0 spiro atoms. The molecule has 102 valence electrons. The van der Waals surface area contributed by atoms with Crippen LogP contribution in [0.5, 0.6) is 0 Å². The molecular weight excluding hydrogens is 236 g/mol. The maximum atomic E-state index is 9.37. The minimum atomic E-state index is 0.486.